The van der Waals surface area contributed by atoms with Gasteiger partial charge in [0.05, 0.1) is 0 Å². The van der Waals surface area contributed by atoms with Crippen molar-refractivity contribution < 1.29 is 83.2 Å². The summed E-state index contributed by atoms with van der Waals surface area (Å²) in [5, 5.41) is 0. The highest BCUT2D eigenvalue weighted by Crippen LogP contribution is 2.81. The predicted octanol–water partition coefficient (Wildman–Crippen LogP) is 1.91. The molecule has 0 spiro atoms. The monoisotopic (exact) mass is 630 g/mol. The van der Waals surface area contributed by atoms with Crippen LogP contribution in [-0.4, -0.2) is 60.6 Å². The Balaban J connectivity index is 0.987. The minimum absolute atomic E-state index is 2.92. The third-order valence-corrected chi connectivity index (χ3v) is 28.6. The maximum atomic E-state index is 12.1. The molecule has 8 aliphatic rings. The molecule has 8 fully saturated rings. The molecule has 168 valence electrons. The first-order valence-electron chi connectivity index (χ1n) is 7.21. The lowest BCUT2D eigenvalue weighted by Crippen LogP contribution is -2.43. The van der Waals surface area contributed by atoms with Crippen LogP contribution in [0.3, 0.4) is 0 Å². The summed E-state index contributed by atoms with van der Waals surface area (Å²) in [4.78, 5) is 0. The number of phosphoric acid groups is 6. The summed E-state index contributed by atoms with van der Waals surface area (Å²) >= 11 is -12.7. The quantitative estimate of drug-likeness (QED) is 0.301. The lowest BCUT2D eigenvalue weighted by molar-refractivity contribution is 0.0770. The molecular formula is Al4O21P6. The van der Waals surface area contributed by atoms with E-state index in [-0.39, 0.29) is 0 Å². The summed E-state index contributed by atoms with van der Waals surface area (Å²) in [5.74, 6) is 0. The van der Waals surface area contributed by atoms with Crippen molar-refractivity contribution in [2.75, 3.05) is 0 Å². The highest BCUT2D eigenvalue weighted by atomic mass is 31.3. The summed E-state index contributed by atoms with van der Waals surface area (Å²) < 4.78 is 141. The van der Waals surface area contributed by atoms with Crippen molar-refractivity contribution in [1.29, 1.82) is 0 Å². The second kappa shape index (κ2) is 7.71. The van der Waals surface area contributed by atoms with Gasteiger partial charge in [0.15, 0.2) is 0 Å². The van der Waals surface area contributed by atoms with Crippen LogP contribution in [0.2, 0.25) is 0 Å². The SMILES string of the molecule is O=P1(OP2(=O)[O][Al]([O]P3(=O)[O][Al]4[O]P(=O)([O]4)O3)[O]2)[O][Al]([O]P2(=O)[O][Al]3[O]P(=O)([O]3)O2)[O]1. The molecule has 31 heteroatoms. The van der Waals surface area contributed by atoms with Gasteiger partial charge in [-0.15, -0.1) is 0 Å². The van der Waals surface area contributed by atoms with E-state index in [2.05, 4.69) is 27.2 Å². The fraction of sp³-hybridized carbons (Fsp3) is 0. The Morgan fingerprint density at radius 1 is 0.452 bits per heavy atom. The first kappa shape index (κ1) is 24.3. The summed E-state index contributed by atoms with van der Waals surface area (Å²) in [6, 6.07) is 0. The molecule has 0 aromatic heterocycles. The molecule has 0 aromatic carbocycles. The van der Waals surface area contributed by atoms with Crippen molar-refractivity contribution in [1.82, 2.24) is 0 Å². The Kier molecular flexibility index (Phi) is 6.04. The maximum absolute atomic E-state index is 12.1. The third-order valence-electron chi connectivity index (χ3n) is 3.18. The highest BCUT2D eigenvalue weighted by molar-refractivity contribution is 7.70. The third kappa shape index (κ3) is 4.80. The Morgan fingerprint density at radius 3 is 1.13 bits per heavy atom. The van der Waals surface area contributed by atoms with Crippen LogP contribution in [0.15, 0.2) is 0 Å². The maximum Gasteiger partial charge on any atom is 0.931 e. The summed E-state index contributed by atoms with van der Waals surface area (Å²) in [6.07, 6.45) is 0. The molecule has 0 unspecified atom stereocenters. The summed E-state index contributed by atoms with van der Waals surface area (Å²) in [7, 11) is -25.9. The Hall–Kier alpha value is 2.91. The van der Waals surface area contributed by atoms with Crippen molar-refractivity contribution in [2.24, 2.45) is 0 Å². The van der Waals surface area contributed by atoms with Crippen LogP contribution < -0.4 is 0 Å². The fourth-order valence-electron chi connectivity index (χ4n) is 2.10. The predicted molar refractivity (Wildman–Crippen MR) is 84.9 cm³/mol. The van der Waals surface area contributed by atoms with Crippen LogP contribution in [0.5, 0.6) is 0 Å². The molecule has 8 saturated heterocycles. The van der Waals surface area contributed by atoms with E-state index in [0.717, 1.165) is 0 Å². The topological polar surface area (TPSA) is 241 Å². The molecule has 8 rings (SSSR count). The van der Waals surface area contributed by atoms with Crippen LogP contribution in [0, 0.1) is 0 Å². The highest BCUT2D eigenvalue weighted by Gasteiger charge is 2.74. The van der Waals surface area contributed by atoms with Gasteiger partial charge in [0.1, 0.15) is 0 Å². The van der Waals surface area contributed by atoms with Crippen molar-refractivity contribution in [3.8, 4) is 0 Å². The van der Waals surface area contributed by atoms with E-state index in [0.29, 0.717) is 0 Å². The van der Waals surface area contributed by atoms with Crippen LogP contribution in [0.1, 0.15) is 0 Å². The molecule has 0 aromatic rings. The first-order valence-corrected chi connectivity index (χ1v) is 21.6. The van der Waals surface area contributed by atoms with Crippen LogP contribution in [-0.2, 0) is 83.2 Å². The lowest BCUT2D eigenvalue weighted by Gasteiger charge is -2.41. The van der Waals surface area contributed by atoms with Gasteiger partial charge in [0, 0.05) is 0 Å². The fourth-order valence-corrected chi connectivity index (χ4v) is 26.7. The molecular weight excluding hydrogens is 630 g/mol. The molecule has 8 aliphatic heterocycles. The van der Waals surface area contributed by atoms with Gasteiger partial charge in [0.25, 0.3) is 0 Å². The number of hydrogen-bond acceptors (Lipinski definition) is 21. The van der Waals surface area contributed by atoms with Crippen molar-refractivity contribution in [3.63, 3.8) is 0 Å². The first-order chi connectivity index (χ1) is 14.3. The molecule has 31 heavy (non-hydrogen) atoms. The standard InChI is InChI=1S/4Al.3H4O7P2/c;;;;3*1-8(2,3)7-9(4,5)6/h;;;;3*(H2,1,2,3)(H2,4,5,6)/q4*+3;;;/p-12. The Labute approximate surface area is 189 Å². The molecule has 0 atom stereocenters. The van der Waals surface area contributed by atoms with E-state index < -0.39 is 108 Å². The molecule has 21 nitrogen and oxygen atoms in total. The second-order valence-electron chi connectivity index (χ2n) is 5.35. The molecule has 0 saturated carbocycles. The Bertz CT molecular complexity index is 997. The van der Waals surface area contributed by atoms with Gasteiger partial charge in [-0.2, -0.15) is 12.9 Å². The second-order valence-corrected chi connectivity index (χ2v) is 25.1. The van der Waals surface area contributed by atoms with Gasteiger partial charge < -0.3 is 42.9 Å². The van der Waals surface area contributed by atoms with E-state index in [4.69, 9.17) is 28.6 Å². The van der Waals surface area contributed by atoms with E-state index in [9.17, 15) is 27.4 Å². The summed E-state index contributed by atoms with van der Waals surface area (Å²) in [5.41, 5.74) is 0. The Morgan fingerprint density at radius 2 is 0.806 bits per heavy atom. The van der Waals surface area contributed by atoms with Gasteiger partial charge >= 0.3 is 108 Å². The lowest BCUT2D eigenvalue weighted by atomic mass is 15.5. The van der Waals surface area contributed by atoms with Gasteiger partial charge in [-0.1, -0.05) is 0 Å². The van der Waals surface area contributed by atoms with Crippen LogP contribution in [0.25, 0.3) is 0 Å². The molecule has 0 radical (unpaired) electrons. The molecule has 8 heterocycles. The normalized spacial score (nSPS) is 46.5. The molecule has 0 N–H and O–H groups in total. The average Bonchev–Trinajstić information content (AvgIpc) is 2.47. The zero-order chi connectivity index (χ0) is 21.9. The molecule has 0 amide bonds. The van der Waals surface area contributed by atoms with Crippen LogP contribution >= 0.6 is 46.9 Å². The van der Waals surface area contributed by atoms with E-state index in [1.807, 2.05) is 0 Å². The number of hydrogen-bond donors (Lipinski definition) is 0. The average molecular weight is 630 g/mol. The van der Waals surface area contributed by atoms with Gasteiger partial charge in [0.2, 0.25) is 0 Å². The minimum atomic E-state index is -4.53. The number of fused-ring (bicyclic) bond motifs is 4. The number of rotatable bonds is 6. The molecule has 4 bridgehead atoms. The van der Waals surface area contributed by atoms with Gasteiger partial charge in [-0.3, -0.25) is 0 Å². The van der Waals surface area contributed by atoms with Crippen molar-refractivity contribution in [3.05, 3.63) is 0 Å². The van der Waals surface area contributed by atoms with Crippen LogP contribution in [0.4, 0.5) is 0 Å². The van der Waals surface area contributed by atoms with Gasteiger partial charge in [-0.25, -0.2) is 27.4 Å². The van der Waals surface area contributed by atoms with E-state index >= 15 is 0 Å². The van der Waals surface area contributed by atoms with Crippen molar-refractivity contribution >= 4 is 108 Å². The zero-order valence-electron chi connectivity index (χ0n) is 13.6. The largest absolute Gasteiger partial charge is 0.931 e. The molecule has 0 aliphatic carbocycles. The van der Waals surface area contributed by atoms with Crippen molar-refractivity contribution in [2.45, 2.75) is 0 Å². The smallest absolute Gasteiger partial charge is 0.363 e. The zero-order valence-corrected chi connectivity index (χ0v) is 23.6. The van der Waals surface area contributed by atoms with Gasteiger partial charge in [-0.05, 0) is 0 Å². The minimum Gasteiger partial charge on any atom is -0.363 e. The van der Waals surface area contributed by atoms with E-state index in [1.54, 1.807) is 0 Å². The summed E-state index contributed by atoms with van der Waals surface area (Å²) in [6.45, 7) is 0. The van der Waals surface area contributed by atoms with E-state index in [1.165, 1.54) is 0 Å².